The van der Waals surface area contributed by atoms with Crippen molar-refractivity contribution in [1.82, 2.24) is 15.2 Å². The molecule has 1 aromatic heterocycles. The Morgan fingerprint density at radius 2 is 2.03 bits per heavy atom. The van der Waals surface area contributed by atoms with Crippen LogP contribution in [0.1, 0.15) is 28.8 Å². The maximum absolute atomic E-state index is 13.9. The Balaban J connectivity index is 1.26. The summed E-state index contributed by atoms with van der Waals surface area (Å²) in [5, 5.41) is 3.23. The summed E-state index contributed by atoms with van der Waals surface area (Å²) in [7, 11) is 0. The minimum absolute atomic E-state index is 0.0271. The van der Waals surface area contributed by atoms with Gasteiger partial charge in [-0.05, 0) is 48.2 Å². The number of nitrogens with one attached hydrogen (secondary N) is 1. The van der Waals surface area contributed by atoms with Gasteiger partial charge in [0.25, 0.3) is 5.91 Å². The van der Waals surface area contributed by atoms with Crippen molar-refractivity contribution in [2.45, 2.75) is 25.0 Å². The van der Waals surface area contributed by atoms with Gasteiger partial charge in [0.1, 0.15) is 11.4 Å². The number of amides is 2. The lowest BCUT2D eigenvalue weighted by Crippen LogP contribution is -2.63. The normalized spacial score (nSPS) is 19.8. The van der Waals surface area contributed by atoms with Crippen LogP contribution in [0.5, 0.6) is 0 Å². The smallest absolute Gasteiger partial charge is 0.257 e. The number of carbonyl (C=O) groups is 2. The fourth-order valence-electron chi connectivity index (χ4n) is 3.95. The van der Waals surface area contributed by atoms with Gasteiger partial charge in [0.05, 0.1) is 25.3 Å². The molecule has 29 heavy (non-hydrogen) atoms. The second-order valence-electron chi connectivity index (χ2n) is 7.69. The molecule has 0 saturated carbocycles. The maximum Gasteiger partial charge on any atom is 0.257 e. The van der Waals surface area contributed by atoms with Crippen LogP contribution in [-0.4, -0.2) is 47.0 Å². The van der Waals surface area contributed by atoms with E-state index in [1.807, 2.05) is 12.1 Å². The summed E-state index contributed by atoms with van der Waals surface area (Å²) in [5.74, 6) is -0.900. The summed E-state index contributed by atoms with van der Waals surface area (Å²) in [5.41, 5.74) is 0.534. The molecular weight excluding hydrogens is 397 g/mol. The van der Waals surface area contributed by atoms with Gasteiger partial charge in [0.15, 0.2) is 0 Å². The van der Waals surface area contributed by atoms with Crippen molar-refractivity contribution in [1.29, 1.82) is 0 Å². The number of ether oxygens (including phenoxy) is 1. The third-order valence-electron chi connectivity index (χ3n) is 5.40. The van der Waals surface area contributed by atoms with Gasteiger partial charge in [-0.2, -0.15) is 0 Å². The highest BCUT2D eigenvalue weighted by molar-refractivity contribution is 6.31. The van der Waals surface area contributed by atoms with Gasteiger partial charge in [0.2, 0.25) is 5.91 Å². The van der Waals surface area contributed by atoms with Crippen molar-refractivity contribution in [2.24, 2.45) is 5.92 Å². The second-order valence-corrected chi connectivity index (χ2v) is 8.12. The molecule has 6 nitrogen and oxygen atoms in total. The van der Waals surface area contributed by atoms with Gasteiger partial charge in [-0.1, -0.05) is 11.6 Å². The summed E-state index contributed by atoms with van der Waals surface area (Å²) in [6.07, 6.45) is 4.46. The van der Waals surface area contributed by atoms with Crippen LogP contribution < -0.4 is 5.32 Å². The predicted octanol–water partition coefficient (Wildman–Crippen LogP) is 2.81. The highest BCUT2D eigenvalue weighted by atomic mass is 35.5. The van der Waals surface area contributed by atoms with Crippen molar-refractivity contribution in [3.05, 3.63) is 64.7 Å². The molecule has 0 aliphatic carbocycles. The first-order chi connectivity index (χ1) is 13.9. The zero-order chi connectivity index (χ0) is 20.4. The van der Waals surface area contributed by atoms with Gasteiger partial charge < -0.3 is 15.0 Å². The molecule has 1 spiro atoms. The topological polar surface area (TPSA) is 71.5 Å². The van der Waals surface area contributed by atoms with E-state index in [0.717, 1.165) is 5.56 Å². The number of halogens is 2. The molecule has 0 radical (unpaired) electrons. The number of benzene rings is 1. The number of likely N-dealkylation sites (tertiary alicyclic amines) is 1. The first-order valence-electron chi connectivity index (χ1n) is 9.48. The molecule has 2 aliphatic heterocycles. The van der Waals surface area contributed by atoms with Crippen molar-refractivity contribution in [3.8, 4) is 0 Å². The minimum Gasteiger partial charge on any atom is -0.371 e. The largest absolute Gasteiger partial charge is 0.371 e. The fraction of sp³-hybridized carbons (Fsp3) is 0.381. The first kappa shape index (κ1) is 19.8. The van der Waals surface area contributed by atoms with Crippen LogP contribution in [0.2, 0.25) is 5.02 Å². The van der Waals surface area contributed by atoms with Gasteiger partial charge in [-0.25, -0.2) is 4.39 Å². The van der Waals surface area contributed by atoms with E-state index in [1.54, 1.807) is 17.3 Å². The van der Waals surface area contributed by atoms with Gasteiger partial charge in [-0.15, -0.1) is 0 Å². The molecule has 2 fully saturated rings. The van der Waals surface area contributed by atoms with Crippen molar-refractivity contribution in [3.63, 3.8) is 0 Å². The van der Waals surface area contributed by atoms with Crippen molar-refractivity contribution < 1.29 is 18.7 Å². The Morgan fingerprint density at radius 1 is 1.28 bits per heavy atom. The van der Waals surface area contributed by atoms with Crippen molar-refractivity contribution >= 4 is 23.4 Å². The van der Waals surface area contributed by atoms with Gasteiger partial charge in [-0.3, -0.25) is 14.6 Å². The van der Waals surface area contributed by atoms with Crippen LogP contribution in [0.4, 0.5) is 4.39 Å². The Labute approximate surface area is 173 Å². The van der Waals surface area contributed by atoms with E-state index < -0.39 is 17.3 Å². The SMILES string of the molecule is O=C(CC1COC2(C1)CN(C(=O)c1cc(Cl)ccc1F)C2)NCc1ccncc1. The summed E-state index contributed by atoms with van der Waals surface area (Å²) in [6.45, 7) is 1.74. The number of hydrogen-bond donors (Lipinski definition) is 1. The van der Waals surface area contributed by atoms with Gasteiger partial charge >= 0.3 is 0 Å². The van der Waals surface area contributed by atoms with Crippen molar-refractivity contribution in [2.75, 3.05) is 19.7 Å². The molecule has 2 aliphatic rings. The average molecular weight is 418 g/mol. The number of carbonyl (C=O) groups excluding carboxylic acids is 2. The molecule has 2 saturated heterocycles. The maximum atomic E-state index is 13.9. The van der Waals surface area contributed by atoms with Crippen LogP contribution in [0, 0.1) is 11.7 Å². The first-order valence-corrected chi connectivity index (χ1v) is 9.86. The van der Waals surface area contributed by atoms with Crippen LogP contribution in [0.25, 0.3) is 0 Å². The molecule has 1 unspecified atom stereocenters. The molecule has 2 aromatic rings. The number of rotatable bonds is 5. The Kier molecular flexibility index (Phi) is 5.52. The Hall–Kier alpha value is -2.51. The molecule has 0 bridgehead atoms. The highest BCUT2D eigenvalue weighted by Gasteiger charge is 2.51. The van der Waals surface area contributed by atoms with Crippen LogP contribution in [0.15, 0.2) is 42.7 Å². The molecule has 8 heteroatoms. The standard InChI is InChI=1S/C21H21ClFN3O3/c22-16-1-2-18(23)17(8-16)20(28)26-12-21(13-26)9-15(11-29-21)7-19(27)25-10-14-3-5-24-6-4-14/h1-6,8,15H,7,9-13H2,(H,25,27). The molecule has 1 atom stereocenters. The summed E-state index contributed by atoms with van der Waals surface area (Å²) in [6, 6.07) is 7.66. The molecule has 1 aromatic carbocycles. The molecular formula is C21H21ClFN3O3. The number of pyridine rings is 1. The van der Waals surface area contributed by atoms with E-state index in [9.17, 15) is 14.0 Å². The average Bonchev–Trinajstić information content (AvgIpc) is 3.11. The number of nitrogens with zero attached hydrogens (tertiary/aromatic N) is 2. The Bertz CT molecular complexity index is 919. The quantitative estimate of drug-likeness (QED) is 0.812. The zero-order valence-corrected chi connectivity index (χ0v) is 16.5. The van der Waals surface area contributed by atoms with Crippen LogP contribution >= 0.6 is 11.6 Å². The third-order valence-corrected chi connectivity index (χ3v) is 5.64. The minimum atomic E-state index is -0.587. The molecule has 152 valence electrons. The molecule has 3 heterocycles. The van der Waals surface area contributed by atoms with E-state index in [1.165, 1.54) is 18.2 Å². The molecule has 4 rings (SSSR count). The zero-order valence-electron chi connectivity index (χ0n) is 15.7. The fourth-order valence-corrected chi connectivity index (χ4v) is 4.12. The lowest BCUT2D eigenvalue weighted by molar-refractivity contribution is -0.122. The van der Waals surface area contributed by atoms with E-state index in [2.05, 4.69) is 10.3 Å². The summed E-state index contributed by atoms with van der Waals surface area (Å²) < 4.78 is 19.8. The van der Waals surface area contributed by atoms with Crippen LogP contribution in [0.3, 0.4) is 0 Å². The molecule has 1 N–H and O–H groups in total. The Morgan fingerprint density at radius 3 is 2.79 bits per heavy atom. The van der Waals surface area contributed by atoms with E-state index in [0.29, 0.717) is 44.1 Å². The van der Waals surface area contributed by atoms with E-state index in [-0.39, 0.29) is 17.4 Å². The lowest BCUT2D eigenvalue weighted by atomic mass is 9.85. The highest BCUT2D eigenvalue weighted by Crippen LogP contribution is 2.39. The second kappa shape index (κ2) is 8.08. The molecule has 2 amide bonds. The lowest BCUT2D eigenvalue weighted by Gasteiger charge is -2.47. The number of hydrogen-bond acceptors (Lipinski definition) is 4. The van der Waals surface area contributed by atoms with Gasteiger partial charge in [0, 0.05) is 30.4 Å². The summed E-state index contributed by atoms with van der Waals surface area (Å²) in [4.78, 5) is 30.2. The monoisotopic (exact) mass is 417 g/mol. The summed E-state index contributed by atoms with van der Waals surface area (Å²) >= 11 is 5.88. The van der Waals surface area contributed by atoms with E-state index in [4.69, 9.17) is 16.3 Å². The van der Waals surface area contributed by atoms with E-state index >= 15 is 0 Å². The van der Waals surface area contributed by atoms with Crippen LogP contribution in [-0.2, 0) is 16.1 Å². The number of aromatic nitrogens is 1. The predicted molar refractivity (Wildman–Crippen MR) is 105 cm³/mol. The third kappa shape index (κ3) is 4.41.